The highest BCUT2D eigenvalue weighted by atomic mass is 16.5. The predicted molar refractivity (Wildman–Crippen MR) is 76.6 cm³/mol. The highest BCUT2D eigenvalue weighted by Gasteiger charge is 2.29. The lowest BCUT2D eigenvalue weighted by Crippen LogP contribution is -2.09. The first kappa shape index (κ1) is 11.1. The molecule has 0 fully saturated rings. The van der Waals surface area contributed by atoms with Gasteiger partial charge in [0, 0.05) is 11.5 Å². The van der Waals surface area contributed by atoms with Crippen molar-refractivity contribution >= 4 is 0 Å². The molecule has 2 aliphatic rings. The molecule has 2 aromatic carbocycles. The van der Waals surface area contributed by atoms with Crippen LogP contribution in [0, 0.1) is 5.92 Å². The van der Waals surface area contributed by atoms with Gasteiger partial charge in [-0.1, -0.05) is 42.5 Å². The Morgan fingerprint density at radius 1 is 0.895 bits per heavy atom. The third-order valence-corrected chi connectivity index (χ3v) is 4.55. The van der Waals surface area contributed by atoms with E-state index in [1.54, 1.807) is 11.1 Å². The van der Waals surface area contributed by atoms with Crippen LogP contribution in [0.15, 0.2) is 48.5 Å². The van der Waals surface area contributed by atoms with Gasteiger partial charge in [-0.05, 0) is 42.4 Å². The van der Waals surface area contributed by atoms with Crippen molar-refractivity contribution < 1.29 is 4.74 Å². The van der Waals surface area contributed by atoms with Gasteiger partial charge in [0.1, 0.15) is 5.75 Å². The van der Waals surface area contributed by atoms with Crippen molar-refractivity contribution in [2.45, 2.75) is 25.2 Å². The second-order valence-corrected chi connectivity index (χ2v) is 5.82. The van der Waals surface area contributed by atoms with E-state index in [4.69, 9.17) is 4.74 Å². The van der Waals surface area contributed by atoms with Crippen LogP contribution in [0.25, 0.3) is 0 Å². The van der Waals surface area contributed by atoms with Gasteiger partial charge < -0.3 is 4.74 Å². The number of rotatable bonds is 2. The summed E-state index contributed by atoms with van der Waals surface area (Å²) in [7, 11) is 0. The van der Waals surface area contributed by atoms with Gasteiger partial charge in [-0.3, -0.25) is 0 Å². The molecule has 2 aromatic rings. The van der Waals surface area contributed by atoms with Gasteiger partial charge in [0.25, 0.3) is 0 Å². The Labute approximate surface area is 114 Å². The summed E-state index contributed by atoms with van der Waals surface area (Å²) >= 11 is 0. The number of benzene rings is 2. The minimum atomic E-state index is 0.593. The van der Waals surface area contributed by atoms with Crippen LogP contribution in [0.2, 0.25) is 0 Å². The van der Waals surface area contributed by atoms with Crippen molar-refractivity contribution in [2.24, 2.45) is 5.92 Å². The zero-order chi connectivity index (χ0) is 12.7. The van der Waals surface area contributed by atoms with Crippen LogP contribution in [0.1, 0.15) is 29.0 Å². The molecule has 1 atom stereocenters. The lowest BCUT2D eigenvalue weighted by atomic mass is 9.89. The summed E-state index contributed by atoms with van der Waals surface area (Å²) in [6.45, 7) is 0.867. The van der Waals surface area contributed by atoms with Gasteiger partial charge in [0.2, 0.25) is 0 Å². The SMILES string of the molecule is c1ccc2c(c1)CC(C[C@@H]1COc3ccccc31)C2. The van der Waals surface area contributed by atoms with Gasteiger partial charge in [0.15, 0.2) is 0 Å². The zero-order valence-corrected chi connectivity index (χ0v) is 11.0. The van der Waals surface area contributed by atoms with Crippen LogP contribution >= 0.6 is 0 Å². The fourth-order valence-electron chi connectivity index (χ4n) is 3.64. The number of hydrogen-bond donors (Lipinski definition) is 0. The third kappa shape index (κ3) is 1.94. The van der Waals surface area contributed by atoms with E-state index >= 15 is 0 Å². The molecule has 0 amide bonds. The minimum Gasteiger partial charge on any atom is -0.493 e. The molecule has 1 nitrogen and oxygen atoms in total. The lowest BCUT2D eigenvalue weighted by Gasteiger charge is -2.14. The lowest BCUT2D eigenvalue weighted by molar-refractivity contribution is 0.308. The second-order valence-electron chi connectivity index (χ2n) is 5.82. The van der Waals surface area contributed by atoms with Crippen molar-refractivity contribution in [1.29, 1.82) is 0 Å². The van der Waals surface area contributed by atoms with Crippen LogP contribution in [0.5, 0.6) is 5.75 Å². The Hall–Kier alpha value is -1.76. The monoisotopic (exact) mass is 250 g/mol. The largest absolute Gasteiger partial charge is 0.493 e. The molecule has 0 spiro atoms. The normalized spacial score (nSPS) is 20.9. The molecule has 1 aliphatic carbocycles. The van der Waals surface area contributed by atoms with E-state index in [0.717, 1.165) is 18.3 Å². The predicted octanol–water partition coefficient (Wildman–Crippen LogP) is 3.97. The van der Waals surface area contributed by atoms with Crippen molar-refractivity contribution in [3.05, 3.63) is 65.2 Å². The molecule has 1 heterocycles. The molecule has 0 N–H and O–H groups in total. The maximum atomic E-state index is 5.80. The number of ether oxygens (including phenoxy) is 1. The number of fused-ring (bicyclic) bond motifs is 2. The fraction of sp³-hybridized carbons (Fsp3) is 0.333. The van der Waals surface area contributed by atoms with Crippen molar-refractivity contribution in [2.75, 3.05) is 6.61 Å². The first-order valence-electron chi connectivity index (χ1n) is 7.18. The average molecular weight is 250 g/mol. The Bertz CT molecular complexity index is 577. The van der Waals surface area contributed by atoms with Crippen molar-refractivity contribution in [3.63, 3.8) is 0 Å². The molecule has 4 rings (SSSR count). The summed E-state index contributed by atoms with van der Waals surface area (Å²) in [5.74, 6) is 2.48. The topological polar surface area (TPSA) is 9.23 Å². The Morgan fingerprint density at radius 3 is 2.37 bits per heavy atom. The van der Waals surface area contributed by atoms with Crippen LogP contribution in [-0.2, 0) is 12.8 Å². The molecule has 0 aromatic heterocycles. The summed E-state index contributed by atoms with van der Waals surface area (Å²) in [5, 5.41) is 0. The van der Waals surface area contributed by atoms with E-state index in [0.29, 0.717) is 5.92 Å². The van der Waals surface area contributed by atoms with Gasteiger partial charge in [-0.15, -0.1) is 0 Å². The van der Waals surface area contributed by atoms with Gasteiger partial charge in [-0.25, -0.2) is 0 Å². The quantitative estimate of drug-likeness (QED) is 0.783. The second kappa shape index (κ2) is 4.41. The first-order valence-corrected chi connectivity index (χ1v) is 7.18. The summed E-state index contributed by atoms with van der Waals surface area (Å²) in [6, 6.07) is 17.4. The molecular weight excluding hydrogens is 232 g/mol. The van der Waals surface area contributed by atoms with Gasteiger partial charge >= 0.3 is 0 Å². The summed E-state index contributed by atoms with van der Waals surface area (Å²) < 4.78 is 5.80. The molecule has 0 saturated carbocycles. The van der Waals surface area contributed by atoms with E-state index in [-0.39, 0.29) is 0 Å². The van der Waals surface area contributed by atoms with E-state index in [9.17, 15) is 0 Å². The third-order valence-electron chi connectivity index (χ3n) is 4.55. The highest BCUT2D eigenvalue weighted by Crippen LogP contribution is 2.40. The Balaban J connectivity index is 1.50. The Kier molecular flexibility index (Phi) is 2.58. The molecule has 0 bridgehead atoms. The molecule has 1 heteroatoms. The summed E-state index contributed by atoms with van der Waals surface area (Å²) in [4.78, 5) is 0. The fourth-order valence-corrected chi connectivity index (χ4v) is 3.64. The molecule has 0 radical (unpaired) electrons. The standard InChI is InChI=1S/C18H18O/c1-2-6-15-10-13(9-14(15)5-1)11-16-12-19-18-8-4-3-7-17(16)18/h1-8,13,16H,9-12H2/t16-/m1/s1. The zero-order valence-electron chi connectivity index (χ0n) is 11.0. The molecule has 19 heavy (non-hydrogen) atoms. The number of para-hydroxylation sites is 1. The van der Waals surface area contributed by atoms with Crippen LogP contribution < -0.4 is 4.74 Å². The molecule has 1 aliphatic heterocycles. The van der Waals surface area contributed by atoms with Crippen molar-refractivity contribution in [1.82, 2.24) is 0 Å². The van der Waals surface area contributed by atoms with Gasteiger partial charge in [0.05, 0.1) is 6.61 Å². The van der Waals surface area contributed by atoms with Crippen LogP contribution in [0.3, 0.4) is 0 Å². The van der Waals surface area contributed by atoms with E-state index in [2.05, 4.69) is 48.5 Å². The maximum absolute atomic E-state index is 5.80. The molecule has 0 unspecified atom stereocenters. The van der Waals surface area contributed by atoms with Crippen molar-refractivity contribution in [3.8, 4) is 5.75 Å². The average Bonchev–Trinajstić information content (AvgIpc) is 3.03. The smallest absolute Gasteiger partial charge is 0.122 e. The molecular formula is C18H18O. The number of hydrogen-bond acceptors (Lipinski definition) is 1. The van der Waals surface area contributed by atoms with Crippen LogP contribution in [0.4, 0.5) is 0 Å². The first-order chi connectivity index (χ1) is 9.40. The van der Waals surface area contributed by atoms with E-state index in [1.807, 2.05) is 0 Å². The summed E-state index contributed by atoms with van der Waals surface area (Å²) in [6.07, 6.45) is 3.75. The molecule has 0 saturated heterocycles. The summed E-state index contributed by atoms with van der Waals surface area (Å²) in [5.41, 5.74) is 4.53. The van der Waals surface area contributed by atoms with E-state index in [1.165, 1.54) is 24.8 Å². The van der Waals surface area contributed by atoms with Gasteiger partial charge in [-0.2, -0.15) is 0 Å². The van der Waals surface area contributed by atoms with Crippen LogP contribution in [-0.4, -0.2) is 6.61 Å². The van der Waals surface area contributed by atoms with E-state index < -0.39 is 0 Å². The maximum Gasteiger partial charge on any atom is 0.122 e. The molecule has 96 valence electrons. The Morgan fingerprint density at radius 2 is 1.58 bits per heavy atom. The highest BCUT2D eigenvalue weighted by molar-refractivity contribution is 5.40. The minimum absolute atomic E-state index is 0.593.